The fourth-order valence-electron chi connectivity index (χ4n) is 11.0. The van der Waals surface area contributed by atoms with Crippen LogP contribution in [0.25, 0.3) is 99.1 Å². The first-order valence-corrected chi connectivity index (χ1v) is 21.3. The molecule has 0 nitrogen and oxygen atoms in total. The third kappa shape index (κ3) is 4.98. The second-order valence-corrected chi connectivity index (χ2v) is 18.0. The van der Waals surface area contributed by atoms with Gasteiger partial charge in [-0.05, 0) is 146 Å². The molecule has 0 radical (unpaired) electrons. The molecule has 12 rings (SSSR count). The maximum atomic E-state index is 2.50. The van der Waals surface area contributed by atoms with E-state index in [4.69, 9.17) is 0 Å². The van der Waals surface area contributed by atoms with Crippen LogP contribution in [0.3, 0.4) is 0 Å². The van der Waals surface area contributed by atoms with Crippen molar-refractivity contribution in [2.75, 3.05) is 0 Å². The average Bonchev–Trinajstić information content (AvgIpc) is 3.66. The molecular weight excluding hydrogens is 721 g/mol. The van der Waals surface area contributed by atoms with E-state index in [0.29, 0.717) is 0 Å². The summed E-state index contributed by atoms with van der Waals surface area (Å²) in [4.78, 5) is 0. The normalized spacial score (nSPS) is 14.3. The summed E-state index contributed by atoms with van der Waals surface area (Å²) < 4.78 is 0. The molecule has 0 atom stereocenters. The summed E-state index contributed by atoms with van der Waals surface area (Å²) in [6, 6.07) is 73.2. The molecule has 0 fully saturated rings. The van der Waals surface area contributed by atoms with Crippen LogP contribution in [0.5, 0.6) is 0 Å². The van der Waals surface area contributed by atoms with Crippen molar-refractivity contribution in [1.29, 1.82) is 0 Å². The van der Waals surface area contributed by atoms with Gasteiger partial charge in [-0.15, -0.1) is 0 Å². The van der Waals surface area contributed by atoms with Gasteiger partial charge in [0, 0.05) is 10.8 Å². The maximum Gasteiger partial charge on any atom is 0.0159 e. The number of hydrogen-bond acceptors (Lipinski definition) is 0. The first-order chi connectivity index (χ1) is 29.3. The molecule has 60 heavy (non-hydrogen) atoms. The van der Waals surface area contributed by atoms with Gasteiger partial charge in [0.25, 0.3) is 0 Å². The third-order valence-corrected chi connectivity index (χ3v) is 14.1. The molecule has 2 aliphatic carbocycles. The molecule has 10 aromatic rings. The van der Waals surface area contributed by atoms with Crippen LogP contribution in [0.15, 0.2) is 194 Å². The van der Waals surface area contributed by atoms with E-state index in [2.05, 4.69) is 222 Å². The predicted octanol–water partition coefficient (Wildman–Crippen LogP) is 16.4. The first-order valence-electron chi connectivity index (χ1n) is 21.3. The van der Waals surface area contributed by atoms with Crippen molar-refractivity contribution in [1.82, 2.24) is 0 Å². The quantitative estimate of drug-likeness (QED) is 0.157. The summed E-state index contributed by atoms with van der Waals surface area (Å²) in [6.07, 6.45) is 0. The van der Waals surface area contributed by atoms with Gasteiger partial charge in [-0.3, -0.25) is 0 Å². The lowest BCUT2D eigenvalue weighted by molar-refractivity contribution is 0.660. The molecule has 0 unspecified atom stereocenters. The third-order valence-electron chi connectivity index (χ3n) is 14.1. The van der Waals surface area contributed by atoms with Crippen molar-refractivity contribution in [3.8, 4) is 66.8 Å². The number of benzene rings is 10. The van der Waals surface area contributed by atoms with E-state index in [1.54, 1.807) is 0 Å². The van der Waals surface area contributed by atoms with Gasteiger partial charge in [0.1, 0.15) is 0 Å². The van der Waals surface area contributed by atoms with E-state index in [0.717, 1.165) is 0 Å². The summed E-state index contributed by atoms with van der Waals surface area (Å²) in [5, 5.41) is 7.60. The van der Waals surface area contributed by atoms with Crippen LogP contribution in [-0.4, -0.2) is 0 Å². The average molecular weight is 765 g/mol. The Morgan fingerprint density at radius 3 is 1.38 bits per heavy atom. The highest BCUT2D eigenvalue weighted by atomic mass is 14.4. The molecule has 0 aromatic heterocycles. The van der Waals surface area contributed by atoms with Crippen LogP contribution >= 0.6 is 0 Å². The van der Waals surface area contributed by atoms with Crippen molar-refractivity contribution in [2.24, 2.45) is 0 Å². The minimum absolute atomic E-state index is 0.0722. The zero-order valence-electron chi connectivity index (χ0n) is 34.5. The van der Waals surface area contributed by atoms with Crippen molar-refractivity contribution in [3.05, 3.63) is 216 Å². The standard InChI is InChI=1S/C60H44/c1-59(2)53-25-11-9-20-45(53)47-30-27-39(35-55(47)59)38-28-32-51-52(34-38)58(42-29-31-48-46-21-10-12-26-54(46)60(3,4)56(48)36-42)50-23-8-7-22-49(50)57(51)41-18-13-17-40(33-41)44-24-14-16-37-15-5-6-19-43(37)44/h5-36H,1-4H3. The van der Waals surface area contributed by atoms with Crippen LogP contribution in [0.1, 0.15) is 49.9 Å². The van der Waals surface area contributed by atoms with Crippen molar-refractivity contribution < 1.29 is 0 Å². The highest BCUT2D eigenvalue weighted by molar-refractivity contribution is 6.22. The van der Waals surface area contributed by atoms with E-state index in [9.17, 15) is 0 Å². The van der Waals surface area contributed by atoms with Crippen LogP contribution in [0.4, 0.5) is 0 Å². The monoisotopic (exact) mass is 764 g/mol. The Hall–Kier alpha value is -7.02. The largest absolute Gasteiger partial charge is 0.0619 e. The molecule has 2 aliphatic rings. The number of fused-ring (bicyclic) bond motifs is 9. The Morgan fingerprint density at radius 2 is 0.683 bits per heavy atom. The molecule has 0 saturated carbocycles. The zero-order chi connectivity index (χ0) is 40.3. The van der Waals surface area contributed by atoms with Gasteiger partial charge in [0.15, 0.2) is 0 Å². The fourth-order valence-corrected chi connectivity index (χ4v) is 11.0. The topological polar surface area (TPSA) is 0 Å². The molecule has 10 aromatic carbocycles. The summed E-state index contributed by atoms with van der Waals surface area (Å²) in [5.41, 5.74) is 20.8. The second kappa shape index (κ2) is 12.7. The summed E-state index contributed by atoms with van der Waals surface area (Å²) in [6.45, 7) is 9.52. The number of rotatable bonds is 4. The van der Waals surface area contributed by atoms with Gasteiger partial charge in [-0.2, -0.15) is 0 Å². The summed E-state index contributed by atoms with van der Waals surface area (Å²) >= 11 is 0. The predicted molar refractivity (Wildman–Crippen MR) is 256 cm³/mol. The Labute approximate surface area is 352 Å². The van der Waals surface area contributed by atoms with Gasteiger partial charge in [0.2, 0.25) is 0 Å². The van der Waals surface area contributed by atoms with Gasteiger partial charge in [-0.1, -0.05) is 198 Å². The zero-order valence-corrected chi connectivity index (χ0v) is 34.5. The van der Waals surface area contributed by atoms with E-state index in [1.165, 1.54) is 121 Å². The Morgan fingerprint density at radius 1 is 0.250 bits per heavy atom. The number of hydrogen-bond donors (Lipinski definition) is 0. The molecule has 284 valence electrons. The molecule has 0 N–H and O–H groups in total. The van der Waals surface area contributed by atoms with E-state index < -0.39 is 0 Å². The fraction of sp³-hybridized carbons (Fsp3) is 0.100. The molecule has 0 bridgehead atoms. The maximum absolute atomic E-state index is 2.50. The molecule has 0 heteroatoms. The molecule has 0 heterocycles. The van der Waals surface area contributed by atoms with E-state index in [-0.39, 0.29) is 10.8 Å². The Balaban J connectivity index is 1.12. The lowest BCUT2D eigenvalue weighted by Gasteiger charge is -2.23. The van der Waals surface area contributed by atoms with Gasteiger partial charge >= 0.3 is 0 Å². The molecular formula is C60H44. The highest BCUT2D eigenvalue weighted by Gasteiger charge is 2.37. The molecule has 0 spiro atoms. The smallest absolute Gasteiger partial charge is 0.0159 e. The first kappa shape index (κ1) is 35.0. The Kier molecular flexibility index (Phi) is 7.42. The van der Waals surface area contributed by atoms with Gasteiger partial charge < -0.3 is 0 Å². The summed E-state index contributed by atoms with van der Waals surface area (Å²) in [5.74, 6) is 0. The second-order valence-electron chi connectivity index (χ2n) is 18.0. The van der Waals surface area contributed by atoms with Crippen LogP contribution in [0, 0.1) is 0 Å². The molecule has 0 amide bonds. The van der Waals surface area contributed by atoms with E-state index >= 15 is 0 Å². The molecule has 0 aliphatic heterocycles. The van der Waals surface area contributed by atoms with Crippen LogP contribution in [0.2, 0.25) is 0 Å². The van der Waals surface area contributed by atoms with Crippen LogP contribution in [-0.2, 0) is 10.8 Å². The van der Waals surface area contributed by atoms with Crippen molar-refractivity contribution in [2.45, 2.75) is 38.5 Å². The van der Waals surface area contributed by atoms with Gasteiger partial charge in [0.05, 0.1) is 0 Å². The van der Waals surface area contributed by atoms with Crippen LogP contribution < -0.4 is 0 Å². The Bertz CT molecular complexity index is 3420. The summed E-state index contributed by atoms with van der Waals surface area (Å²) in [7, 11) is 0. The van der Waals surface area contributed by atoms with E-state index in [1.807, 2.05) is 0 Å². The van der Waals surface area contributed by atoms with Crippen molar-refractivity contribution in [3.63, 3.8) is 0 Å². The van der Waals surface area contributed by atoms with Crippen molar-refractivity contribution >= 4 is 32.3 Å². The minimum Gasteiger partial charge on any atom is -0.0619 e. The van der Waals surface area contributed by atoms with Gasteiger partial charge in [-0.25, -0.2) is 0 Å². The SMILES string of the molecule is CC1(C)c2ccccc2-c2ccc(-c3ccc4c(-c5cccc(-c6cccc7ccccc67)c5)c5ccccc5c(-c5ccc6c(c5)C(C)(C)c5ccccc5-6)c4c3)cc21. The molecule has 0 saturated heterocycles. The lowest BCUT2D eigenvalue weighted by Crippen LogP contribution is -2.14. The lowest BCUT2D eigenvalue weighted by atomic mass is 9.80. The minimum atomic E-state index is -0.102. The highest BCUT2D eigenvalue weighted by Crippen LogP contribution is 2.53.